The Labute approximate surface area is 159 Å². The van der Waals surface area contributed by atoms with Gasteiger partial charge in [-0.15, -0.1) is 0 Å². The fourth-order valence-electron chi connectivity index (χ4n) is 2.01. The highest BCUT2D eigenvalue weighted by molar-refractivity contribution is 7.89. The topological polar surface area (TPSA) is 90.7 Å². The molecule has 0 atom stereocenters. The predicted molar refractivity (Wildman–Crippen MR) is 91.0 cm³/mol. The van der Waals surface area contributed by atoms with E-state index in [9.17, 15) is 26.4 Å². The van der Waals surface area contributed by atoms with E-state index in [4.69, 9.17) is 9.47 Å². The van der Waals surface area contributed by atoms with Crippen LogP contribution >= 0.6 is 0 Å². The molecule has 0 N–H and O–H groups in total. The molecule has 2 aromatic rings. The Bertz CT molecular complexity index is 908. The van der Waals surface area contributed by atoms with Gasteiger partial charge in [0.2, 0.25) is 10.0 Å². The Morgan fingerprint density at radius 1 is 1.14 bits per heavy atom. The Morgan fingerprint density at radius 2 is 1.79 bits per heavy atom. The first kappa shape index (κ1) is 21.7. The molecule has 2 rings (SSSR count). The van der Waals surface area contributed by atoms with Gasteiger partial charge in [0.1, 0.15) is 25.5 Å². The van der Waals surface area contributed by atoms with Gasteiger partial charge in [-0.1, -0.05) is 0 Å². The quantitative estimate of drug-likeness (QED) is 0.477. The molecule has 0 amide bonds. The fraction of sp³-hybridized carbons (Fsp3) is 0.375. The number of alkyl halides is 3. The highest BCUT2D eigenvalue weighted by Gasteiger charge is 2.33. The number of carbonyl (C=O) groups is 1. The van der Waals surface area contributed by atoms with Crippen LogP contribution in [0.4, 0.5) is 13.2 Å². The number of benzene rings is 1. The molecule has 0 saturated carbocycles. The van der Waals surface area contributed by atoms with E-state index in [1.54, 1.807) is 0 Å². The lowest BCUT2D eigenvalue weighted by atomic mass is 10.3. The van der Waals surface area contributed by atoms with Crippen molar-refractivity contribution in [1.82, 2.24) is 14.1 Å². The van der Waals surface area contributed by atoms with Crippen LogP contribution in [0.25, 0.3) is 0 Å². The van der Waals surface area contributed by atoms with Crippen molar-refractivity contribution in [3.8, 4) is 5.75 Å². The number of ether oxygens (including phenoxy) is 2. The highest BCUT2D eigenvalue weighted by atomic mass is 32.2. The molecular weight excluding hydrogens is 403 g/mol. The number of rotatable bonds is 8. The van der Waals surface area contributed by atoms with Crippen molar-refractivity contribution >= 4 is 16.0 Å². The lowest BCUT2D eigenvalue weighted by Crippen LogP contribution is -2.22. The predicted octanol–water partition coefficient (Wildman–Crippen LogP) is 1.77. The van der Waals surface area contributed by atoms with E-state index in [0.717, 1.165) is 21.3 Å². The molecule has 0 fully saturated rings. The number of halogens is 3. The van der Waals surface area contributed by atoms with Crippen LogP contribution in [0.15, 0.2) is 41.4 Å². The largest absolute Gasteiger partial charge is 0.490 e. The van der Waals surface area contributed by atoms with Gasteiger partial charge < -0.3 is 9.47 Å². The Balaban J connectivity index is 1.76. The number of hydrogen-bond donors (Lipinski definition) is 0. The van der Waals surface area contributed by atoms with Gasteiger partial charge >= 0.3 is 12.1 Å². The van der Waals surface area contributed by atoms with Gasteiger partial charge in [0, 0.05) is 20.3 Å². The third-order valence-corrected chi connectivity index (χ3v) is 5.27. The van der Waals surface area contributed by atoms with Crippen LogP contribution in [0.1, 0.15) is 5.69 Å². The van der Waals surface area contributed by atoms with E-state index < -0.39 is 34.4 Å². The molecule has 1 heterocycles. The van der Waals surface area contributed by atoms with E-state index in [1.807, 2.05) is 0 Å². The summed E-state index contributed by atoms with van der Waals surface area (Å²) in [6, 6.07) is 6.44. The maximum atomic E-state index is 12.4. The number of aromatic nitrogens is 2. The summed E-state index contributed by atoms with van der Waals surface area (Å²) in [5.74, 6) is -0.400. The summed E-state index contributed by atoms with van der Waals surface area (Å²) >= 11 is 0. The molecule has 8 nitrogen and oxygen atoms in total. The van der Waals surface area contributed by atoms with E-state index >= 15 is 0 Å². The monoisotopic (exact) mass is 421 g/mol. The number of carbonyl (C=O) groups excluding carboxylic acids is 1. The summed E-state index contributed by atoms with van der Waals surface area (Å²) in [7, 11) is -0.702. The molecule has 154 valence electrons. The zero-order chi connectivity index (χ0) is 20.9. The lowest BCUT2D eigenvalue weighted by molar-refractivity contribution is -0.146. The summed E-state index contributed by atoms with van der Waals surface area (Å²) in [5.41, 5.74) is -1.09. The summed E-state index contributed by atoms with van der Waals surface area (Å²) in [6.07, 6.45) is -3.55. The van der Waals surface area contributed by atoms with Crippen LogP contribution in [0.3, 0.4) is 0 Å². The molecule has 1 aromatic carbocycles. The number of hydrogen-bond acceptors (Lipinski definition) is 6. The molecule has 0 bridgehead atoms. The third kappa shape index (κ3) is 5.70. The van der Waals surface area contributed by atoms with Crippen LogP contribution in [0.5, 0.6) is 5.75 Å². The zero-order valence-electron chi connectivity index (χ0n) is 15.0. The maximum absolute atomic E-state index is 12.4. The third-order valence-electron chi connectivity index (χ3n) is 3.44. The van der Waals surface area contributed by atoms with Crippen LogP contribution < -0.4 is 4.74 Å². The van der Waals surface area contributed by atoms with E-state index in [2.05, 4.69) is 5.10 Å². The van der Waals surface area contributed by atoms with E-state index in [0.29, 0.717) is 5.75 Å². The van der Waals surface area contributed by atoms with Crippen molar-refractivity contribution in [3.63, 3.8) is 0 Å². The van der Waals surface area contributed by atoms with Crippen LogP contribution in [0, 0.1) is 0 Å². The Kier molecular flexibility index (Phi) is 6.67. The summed E-state index contributed by atoms with van der Waals surface area (Å²) in [4.78, 5) is 11.7. The highest BCUT2D eigenvalue weighted by Crippen LogP contribution is 2.27. The summed E-state index contributed by atoms with van der Waals surface area (Å²) < 4.78 is 73.3. The fourth-order valence-corrected chi connectivity index (χ4v) is 2.91. The summed E-state index contributed by atoms with van der Waals surface area (Å²) in [6.45, 7) is -0.616. The van der Waals surface area contributed by atoms with Gasteiger partial charge in [-0.05, 0) is 30.3 Å². The van der Waals surface area contributed by atoms with Gasteiger partial charge in [0.25, 0.3) is 0 Å². The molecule has 28 heavy (non-hydrogen) atoms. The molecule has 0 spiro atoms. The molecule has 12 heteroatoms. The molecule has 1 aromatic heterocycles. The van der Waals surface area contributed by atoms with Crippen molar-refractivity contribution in [1.29, 1.82) is 0 Å². The molecular formula is C16H18F3N3O5S. The second-order valence-electron chi connectivity index (χ2n) is 5.72. The first-order valence-corrected chi connectivity index (χ1v) is 9.36. The molecule has 0 aliphatic rings. The minimum Gasteiger partial charge on any atom is -0.490 e. The van der Waals surface area contributed by atoms with Gasteiger partial charge in [-0.2, -0.15) is 18.3 Å². The van der Waals surface area contributed by atoms with Crippen molar-refractivity contribution in [2.24, 2.45) is 0 Å². The number of nitrogens with zero attached hydrogens (tertiary/aromatic N) is 3. The molecule has 0 unspecified atom stereocenters. The average molecular weight is 421 g/mol. The van der Waals surface area contributed by atoms with Crippen LogP contribution in [-0.2, 0) is 32.3 Å². The molecule has 0 radical (unpaired) electrons. The van der Waals surface area contributed by atoms with Gasteiger partial charge in [-0.3, -0.25) is 9.48 Å². The first-order chi connectivity index (χ1) is 13.0. The van der Waals surface area contributed by atoms with Crippen LogP contribution in [0.2, 0.25) is 0 Å². The molecule has 0 aliphatic heterocycles. The lowest BCUT2D eigenvalue weighted by Gasteiger charge is -2.12. The maximum Gasteiger partial charge on any atom is 0.435 e. The standard InChI is InChI=1S/C16H18F3N3O5S/c1-21(2)28(24,25)13-5-3-12(4-6-13)26-9-10-27-15(23)11-22-8-7-14(20-22)16(17,18)19/h3-8H,9-11H2,1-2H3. The smallest absolute Gasteiger partial charge is 0.435 e. The number of sulfonamides is 1. The van der Waals surface area contributed by atoms with Gasteiger partial charge in [-0.25, -0.2) is 12.7 Å². The number of esters is 1. The Morgan fingerprint density at radius 3 is 2.32 bits per heavy atom. The first-order valence-electron chi connectivity index (χ1n) is 7.92. The molecule has 0 aliphatic carbocycles. The SMILES string of the molecule is CN(C)S(=O)(=O)c1ccc(OCCOC(=O)Cn2ccc(C(F)(F)F)n2)cc1. The second-order valence-corrected chi connectivity index (χ2v) is 7.88. The minimum absolute atomic E-state index is 0.0155. The normalized spacial score (nSPS) is 12.2. The average Bonchev–Trinajstić information content (AvgIpc) is 3.08. The van der Waals surface area contributed by atoms with E-state index in [1.165, 1.54) is 38.4 Å². The van der Waals surface area contributed by atoms with Crippen LogP contribution in [-0.4, -0.2) is 55.8 Å². The van der Waals surface area contributed by atoms with Crippen molar-refractivity contribution in [3.05, 3.63) is 42.2 Å². The van der Waals surface area contributed by atoms with Crippen molar-refractivity contribution in [2.45, 2.75) is 17.6 Å². The molecule has 0 saturated heterocycles. The Hall–Kier alpha value is -2.60. The minimum atomic E-state index is -4.58. The van der Waals surface area contributed by atoms with E-state index in [-0.39, 0.29) is 18.1 Å². The van der Waals surface area contributed by atoms with Gasteiger partial charge in [0.05, 0.1) is 4.90 Å². The summed E-state index contributed by atoms with van der Waals surface area (Å²) in [5, 5.41) is 3.24. The second kappa shape index (κ2) is 8.61. The van der Waals surface area contributed by atoms with Crippen molar-refractivity contribution < 1.29 is 35.9 Å². The zero-order valence-corrected chi connectivity index (χ0v) is 15.8. The van der Waals surface area contributed by atoms with Crippen molar-refractivity contribution in [2.75, 3.05) is 27.3 Å². The van der Waals surface area contributed by atoms with Gasteiger partial charge in [0.15, 0.2) is 5.69 Å².